The summed E-state index contributed by atoms with van der Waals surface area (Å²) in [4.78, 5) is 11.3. The van der Waals surface area contributed by atoms with Crippen LogP contribution in [0.4, 0.5) is 11.4 Å². The molecular formula is C9H14Cl2N2O3. The van der Waals surface area contributed by atoms with Crippen molar-refractivity contribution in [2.75, 3.05) is 25.7 Å². The molecule has 0 aromatic heterocycles. The fourth-order valence-corrected chi connectivity index (χ4v) is 1.05. The topological polar surface area (TPSA) is 87.6 Å². The molecule has 7 heteroatoms. The average Bonchev–Trinajstić information content (AvgIpc) is 2.20. The first kappa shape index (κ1) is 17.1. The Kier molecular flexibility index (Phi) is 7.50. The molecule has 0 aliphatic rings. The first-order valence-electron chi connectivity index (χ1n) is 3.91. The van der Waals surface area contributed by atoms with Crippen LogP contribution in [0.15, 0.2) is 12.1 Å². The van der Waals surface area contributed by atoms with E-state index in [1.165, 1.54) is 26.4 Å². The number of esters is 1. The highest BCUT2D eigenvalue weighted by atomic mass is 35.5. The molecule has 0 atom stereocenters. The van der Waals surface area contributed by atoms with Crippen LogP contribution in [0.1, 0.15) is 10.4 Å². The Morgan fingerprint density at radius 2 is 1.62 bits per heavy atom. The zero-order valence-electron chi connectivity index (χ0n) is 8.85. The van der Waals surface area contributed by atoms with Gasteiger partial charge in [0.15, 0.2) is 0 Å². The second-order valence-corrected chi connectivity index (χ2v) is 2.67. The molecule has 1 aromatic carbocycles. The van der Waals surface area contributed by atoms with Gasteiger partial charge >= 0.3 is 5.97 Å². The maximum atomic E-state index is 11.3. The summed E-state index contributed by atoms with van der Waals surface area (Å²) in [7, 11) is 2.73. The Hall–Kier alpha value is -1.33. The van der Waals surface area contributed by atoms with Crippen LogP contribution >= 0.6 is 24.8 Å². The maximum Gasteiger partial charge on any atom is 0.341 e. The Balaban J connectivity index is 0. The van der Waals surface area contributed by atoms with Crippen LogP contribution in [-0.4, -0.2) is 20.2 Å². The van der Waals surface area contributed by atoms with Gasteiger partial charge < -0.3 is 20.9 Å². The number of hydrogen-bond donors (Lipinski definition) is 2. The predicted octanol–water partition coefficient (Wildman–Crippen LogP) is 1.49. The van der Waals surface area contributed by atoms with Crippen LogP contribution in [0.25, 0.3) is 0 Å². The second kappa shape index (κ2) is 7.03. The molecule has 0 bridgehead atoms. The Morgan fingerprint density at radius 1 is 1.12 bits per heavy atom. The molecule has 0 amide bonds. The number of nitrogen functional groups attached to an aromatic ring is 2. The number of carbonyl (C=O) groups is 1. The quantitative estimate of drug-likeness (QED) is 0.627. The third kappa shape index (κ3) is 3.36. The fourth-order valence-electron chi connectivity index (χ4n) is 1.05. The van der Waals surface area contributed by atoms with Gasteiger partial charge in [-0.3, -0.25) is 0 Å². The summed E-state index contributed by atoms with van der Waals surface area (Å²) in [6, 6.07) is 2.92. The lowest BCUT2D eigenvalue weighted by Gasteiger charge is -2.09. The SMILES string of the molecule is COC(=O)c1cc(N)c(N)cc1OC.Cl.Cl. The van der Waals surface area contributed by atoms with Gasteiger partial charge in [-0.2, -0.15) is 0 Å². The lowest BCUT2D eigenvalue weighted by Crippen LogP contribution is -2.06. The normalized spacial score (nSPS) is 8.38. The Labute approximate surface area is 106 Å². The zero-order valence-corrected chi connectivity index (χ0v) is 10.5. The lowest BCUT2D eigenvalue weighted by molar-refractivity contribution is 0.0597. The van der Waals surface area contributed by atoms with Crippen molar-refractivity contribution >= 4 is 42.2 Å². The van der Waals surface area contributed by atoms with Crippen molar-refractivity contribution in [3.05, 3.63) is 17.7 Å². The van der Waals surface area contributed by atoms with Crippen molar-refractivity contribution in [1.82, 2.24) is 0 Å². The third-order valence-electron chi connectivity index (χ3n) is 1.81. The molecule has 5 nitrogen and oxygen atoms in total. The van der Waals surface area contributed by atoms with Gasteiger partial charge in [0, 0.05) is 6.07 Å². The predicted molar refractivity (Wildman–Crippen MR) is 67.7 cm³/mol. The van der Waals surface area contributed by atoms with Crippen LogP contribution in [-0.2, 0) is 4.74 Å². The van der Waals surface area contributed by atoms with Crippen molar-refractivity contribution in [2.24, 2.45) is 0 Å². The molecule has 1 aromatic rings. The number of anilines is 2. The first-order chi connectivity index (χ1) is 6.60. The molecule has 0 unspecified atom stereocenters. The molecule has 0 saturated carbocycles. The summed E-state index contributed by atoms with van der Waals surface area (Å²) in [5.41, 5.74) is 12.1. The van der Waals surface area contributed by atoms with E-state index < -0.39 is 5.97 Å². The minimum absolute atomic E-state index is 0. The number of ether oxygens (including phenoxy) is 2. The van der Waals surface area contributed by atoms with Crippen LogP contribution in [0.3, 0.4) is 0 Å². The number of rotatable bonds is 2. The summed E-state index contributed by atoms with van der Waals surface area (Å²) in [5.74, 6) is -0.155. The number of benzene rings is 1. The highest BCUT2D eigenvalue weighted by Gasteiger charge is 2.14. The Bertz CT molecular complexity index is 372. The number of nitrogens with two attached hydrogens (primary N) is 2. The van der Waals surface area contributed by atoms with Crippen molar-refractivity contribution in [3.63, 3.8) is 0 Å². The van der Waals surface area contributed by atoms with Gasteiger partial charge in [0.05, 0.1) is 25.6 Å². The summed E-state index contributed by atoms with van der Waals surface area (Å²) in [5, 5.41) is 0. The molecule has 16 heavy (non-hydrogen) atoms. The number of methoxy groups -OCH3 is 2. The molecule has 92 valence electrons. The highest BCUT2D eigenvalue weighted by molar-refractivity contribution is 5.95. The molecular weight excluding hydrogens is 255 g/mol. The summed E-state index contributed by atoms with van der Waals surface area (Å²) < 4.78 is 9.53. The lowest BCUT2D eigenvalue weighted by atomic mass is 10.1. The van der Waals surface area contributed by atoms with E-state index in [0.29, 0.717) is 17.1 Å². The number of halogens is 2. The molecule has 0 aliphatic carbocycles. The molecule has 4 N–H and O–H groups in total. The molecule has 1 rings (SSSR count). The highest BCUT2D eigenvalue weighted by Crippen LogP contribution is 2.27. The summed E-state index contributed by atoms with van der Waals surface area (Å²) in [6.07, 6.45) is 0. The first-order valence-corrected chi connectivity index (χ1v) is 3.91. The van der Waals surface area contributed by atoms with E-state index in [1.807, 2.05) is 0 Å². The molecule has 0 aliphatic heterocycles. The Morgan fingerprint density at radius 3 is 2.06 bits per heavy atom. The van der Waals surface area contributed by atoms with Gasteiger partial charge in [-0.05, 0) is 6.07 Å². The standard InChI is InChI=1S/C9H12N2O3.2ClH/c1-13-8-4-7(11)6(10)3-5(8)9(12)14-2;;/h3-4H,10-11H2,1-2H3;2*1H. The van der Waals surface area contributed by atoms with Gasteiger partial charge in [0.1, 0.15) is 11.3 Å². The number of hydrogen-bond acceptors (Lipinski definition) is 5. The number of carbonyl (C=O) groups excluding carboxylic acids is 1. The van der Waals surface area contributed by atoms with Gasteiger partial charge in [-0.1, -0.05) is 0 Å². The van der Waals surface area contributed by atoms with Gasteiger partial charge in [-0.25, -0.2) is 4.79 Å². The van der Waals surface area contributed by atoms with E-state index in [2.05, 4.69) is 4.74 Å². The van der Waals surface area contributed by atoms with E-state index in [9.17, 15) is 4.79 Å². The van der Waals surface area contributed by atoms with E-state index in [1.54, 1.807) is 0 Å². The van der Waals surface area contributed by atoms with Crippen molar-refractivity contribution in [2.45, 2.75) is 0 Å². The van der Waals surface area contributed by atoms with E-state index in [-0.39, 0.29) is 30.4 Å². The monoisotopic (exact) mass is 268 g/mol. The molecule has 0 fully saturated rings. The van der Waals surface area contributed by atoms with Crippen molar-refractivity contribution < 1.29 is 14.3 Å². The summed E-state index contributed by atoms with van der Waals surface area (Å²) in [6.45, 7) is 0. The smallest absolute Gasteiger partial charge is 0.341 e. The third-order valence-corrected chi connectivity index (χ3v) is 1.81. The van der Waals surface area contributed by atoms with E-state index in [0.717, 1.165) is 0 Å². The van der Waals surface area contributed by atoms with Gasteiger partial charge in [0.2, 0.25) is 0 Å². The zero-order chi connectivity index (χ0) is 10.7. The minimum atomic E-state index is -0.506. The molecule has 0 radical (unpaired) electrons. The summed E-state index contributed by atoms with van der Waals surface area (Å²) >= 11 is 0. The van der Waals surface area contributed by atoms with Crippen molar-refractivity contribution in [3.8, 4) is 5.75 Å². The van der Waals surface area contributed by atoms with Crippen LogP contribution in [0.2, 0.25) is 0 Å². The van der Waals surface area contributed by atoms with Crippen LogP contribution < -0.4 is 16.2 Å². The fraction of sp³-hybridized carbons (Fsp3) is 0.222. The molecule has 0 saturated heterocycles. The van der Waals surface area contributed by atoms with E-state index in [4.69, 9.17) is 16.2 Å². The van der Waals surface area contributed by atoms with Crippen LogP contribution in [0.5, 0.6) is 5.75 Å². The van der Waals surface area contributed by atoms with Gasteiger partial charge in [0.25, 0.3) is 0 Å². The van der Waals surface area contributed by atoms with Crippen LogP contribution in [0, 0.1) is 0 Å². The second-order valence-electron chi connectivity index (χ2n) is 2.67. The maximum absolute atomic E-state index is 11.3. The minimum Gasteiger partial charge on any atom is -0.496 e. The largest absolute Gasteiger partial charge is 0.496 e. The molecule has 0 spiro atoms. The van der Waals surface area contributed by atoms with E-state index >= 15 is 0 Å². The molecule has 0 heterocycles. The van der Waals surface area contributed by atoms with Crippen molar-refractivity contribution in [1.29, 1.82) is 0 Å². The van der Waals surface area contributed by atoms with Gasteiger partial charge in [-0.15, -0.1) is 24.8 Å². The average molecular weight is 269 g/mol.